The van der Waals surface area contributed by atoms with Gasteiger partial charge in [-0.05, 0) is 49.6 Å². The van der Waals surface area contributed by atoms with Gasteiger partial charge in [0.15, 0.2) is 0 Å². The van der Waals surface area contributed by atoms with Gasteiger partial charge in [0, 0.05) is 35.7 Å². The summed E-state index contributed by atoms with van der Waals surface area (Å²) in [4.78, 5) is 19.8. The number of rotatable bonds is 5. The molecule has 0 atom stereocenters. The predicted molar refractivity (Wildman–Crippen MR) is 117 cm³/mol. The van der Waals surface area contributed by atoms with E-state index in [1.807, 2.05) is 30.3 Å². The van der Waals surface area contributed by atoms with Crippen LogP contribution in [0.1, 0.15) is 36.5 Å². The molecule has 0 bridgehead atoms. The van der Waals surface area contributed by atoms with E-state index in [0.29, 0.717) is 5.56 Å². The fourth-order valence-electron chi connectivity index (χ4n) is 3.87. The summed E-state index contributed by atoms with van der Waals surface area (Å²) in [6.07, 6.45) is 2.93. The summed E-state index contributed by atoms with van der Waals surface area (Å²) < 4.78 is 3.25. The maximum Gasteiger partial charge on any atom is 0.251 e. The van der Waals surface area contributed by atoms with E-state index in [-0.39, 0.29) is 11.9 Å². The van der Waals surface area contributed by atoms with Crippen LogP contribution in [0.3, 0.4) is 0 Å². The van der Waals surface area contributed by atoms with Crippen LogP contribution in [-0.2, 0) is 6.54 Å². The Morgan fingerprint density at radius 2 is 1.96 bits per heavy atom. The Morgan fingerprint density at radius 1 is 1.18 bits per heavy atom. The lowest BCUT2D eigenvalue weighted by Crippen LogP contribution is -2.45. The van der Waals surface area contributed by atoms with Gasteiger partial charge in [-0.1, -0.05) is 41.1 Å². The third-order valence-corrected chi connectivity index (χ3v) is 5.77. The number of amides is 1. The third kappa shape index (κ3) is 3.92. The number of anilines is 1. The molecule has 1 saturated heterocycles. The first-order chi connectivity index (χ1) is 13.7. The van der Waals surface area contributed by atoms with Gasteiger partial charge in [0.25, 0.3) is 5.91 Å². The Bertz CT molecular complexity index is 976. The zero-order valence-corrected chi connectivity index (χ0v) is 17.7. The van der Waals surface area contributed by atoms with E-state index < -0.39 is 0 Å². The molecule has 0 saturated carbocycles. The Morgan fingerprint density at radius 3 is 2.71 bits per heavy atom. The lowest BCUT2D eigenvalue weighted by molar-refractivity contribution is 0.0931. The molecule has 4 rings (SSSR count). The second kappa shape index (κ2) is 8.35. The lowest BCUT2D eigenvalue weighted by Gasteiger charge is -2.33. The van der Waals surface area contributed by atoms with Crippen molar-refractivity contribution in [2.24, 2.45) is 0 Å². The van der Waals surface area contributed by atoms with Gasteiger partial charge >= 0.3 is 0 Å². The summed E-state index contributed by atoms with van der Waals surface area (Å²) in [5, 5.41) is 3.19. The van der Waals surface area contributed by atoms with E-state index in [2.05, 4.69) is 55.8 Å². The van der Waals surface area contributed by atoms with Crippen molar-refractivity contribution in [2.75, 3.05) is 18.0 Å². The smallest absolute Gasteiger partial charge is 0.251 e. The van der Waals surface area contributed by atoms with Gasteiger partial charge in [-0.3, -0.25) is 4.79 Å². The van der Waals surface area contributed by atoms with Gasteiger partial charge in [-0.2, -0.15) is 0 Å². The number of fused-ring (bicyclic) bond motifs is 1. The van der Waals surface area contributed by atoms with E-state index in [4.69, 9.17) is 4.98 Å². The lowest BCUT2D eigenvalue weighted by atomic mass is 10.0. The number of imidazole rings is 1. The topological polar surface area (TPSA) is 50.2 Å². The van der Waals surface area contributed by atoms with E-state index in [1.165, 1.54) is 5.52 Å². The molecule has 5 nitrogen and oxygen atoms in total. The van der Waals surface area contributed by atoms with E-state index in [9.17, 15) is 4.79 Å². The number of carbonyl (C=O) groups excluding carboxylic acids is 1. The van der Waals surface area contributed by atoms with Crippen molar-refractivity contribution in [1.82, 2.24) is 14.9 Å². The summed E-state index contributed by atoms with van der Waals surface area (Å²) in [5.41, 5.74) is 2.95. The Hall–Kier alpha value is -2.34. The van der Waals surface area contributed by atoms with Crippen LogP contribution >= 0.6 is 15.9 Å². The van der Waals surface area contributed by atoms with Crippen LogP contribution in [0.5, 0.6) is 0 Å². The van der Waals surface area contributed by atoms with Gasteiger partial charge in [-0.15, -0.1) is 0 Å². The number of benzene rings is 2. The second-order valence-electron chi connectivity index (χ2n) is 7.30. The number of hydrogen-bond acceptors (Lipinski definition) is 3. The normalized spacial score (nSPS) is 15.1. The molecular formula is C22H25BrN4O. The number of nitrogens with zero attached hydrogens (tertiary/aromatic N) is 3. The average molecular weight is 441 g/mol. The molecule has 1 amide bonds. The highest BCUT2D eigenvalue weighted by molar-refractivity contribution is 9.10. The molecule has 0 radical (unpaired) electrons. The van der Waals surface area contributed by atoms with Crippen LogP contribution in [0.2, 0.25) is 0 Å². The van der Waals surface area contributed by atoms with Crippen molar-refractivity contribution < 1.29 is 4.79 Å². The predicted octanol–water partition coefficient (Wildman–Crippen LogP) is 4.61. The molecule has 3 aromatic rings. The maximum atomic E-state index is 12.5. The zero-order chi connectivity index (χ0) is 19.5. The minimum Gasteiger partial charge on any atom is -0.349 e. The van der Waals surface area contributed by atoms with Crippen molar-refractivity contribution in [3.63, 3.8) is 0 Å². The summed E-state index contributed by atoms with van der Waals surface area (Å²) in [6.45, 7) is 4.96. The SMILES string of the molecule is CCCn1c(N2CCC(NC(=O)c3cccc(Br)c3)CC2)nc2ccccc21. The first-order valence-electron chi connectivity index (χ1n) is 9.92. The number of carbonyl (C=O) groups is 1. The number of aryl methyl sites for hydroxylation is 1. The van der Waals surface area contributed by atoms with Crippen LogP contribution < -0.4 is 10.2 Å². The minimum absolute atomic E-state index is 0.00188. The summed E-state index contributed by atoms with van der Waals surface area (Å²) in [7, 11) is 0. The third-order valence-electron chi connectivity index (χ3n) is 5.28. The highest BCUT2D eigenvalue weighted by Crippen LogP contribution is 2.26. The number of hydrogen-bond donors (Lipinski definition) is 1. The van der Waals surface area contributed by atoms with E-state index in [0.717, 1.165) is 54.8 Å². The Balaban J connectivity index is 1.44. The monoisotopic (exact) mass is 440 g/mol. The fraction of sp³-hybridized carbons (Fsp3) is 0.364. The molecular weight excluding hydrogens is 416 g/mol. The van der Waals surface area contributed by atoms with Crippen molar-refractivity contribution in [2.45, 2.75) is 38.8 Å². The summed E-state index contributed by atoms with van der Waals surface area (Å²) in [6, 6.07) is 16.1. The number of para-hydroxylation sites is 2. The molecule has 0 spiro atoms. The van der Waals surface area contributed by atoms with Crippen LogP contribution in [-0.4, -0.2) is 34.6 Å². The van der Waals surface area contributed by atoms with Gasteiger partial charge in [-0.25, -0.2) is 4.98 Å². The fourth-order valence-corrected chi connectivity index (χ4v) is 4.27. The van der Waals surface area contributed by atoms with Gasteiger partial charge in [0.05, 0.1) is 11.0 Å². The van der Waals surface area contributed by atoms with E-state index in [1.54, 1.807) is 0 Å². The zero-order valence-electron chi connectivity index (χ0n) is 16.1. The maximum absolute atomic E-state index is 12.5. The standard InChI is InChI=1S/C22H25BrN4O/c1-2-12-27-20-9-4-3-8-19(20)25-22(27)26-13-10-18(11-14-26)24-21(28)16-6-5-7-17(23)15-16/h3-9,15,18H,2,10-14H2,1H3,(H,24,28). The molecule has 1 aromatic heterocycles. The molecule has 28 heavy (non-hydrogen) atoms. The molecule has 2 aromatic carbocycles. The van der Waals surface area contributed by atoms with Gasteiger partial charge in [0.1, 0.15) is 0 Å². The molecule has 2 heterocycles. The average Bonchev–Trinajstić information content (AvgIpc) is 3.07. The molecule has 0 unspecified atom stereocenters. The van der Waals surface area contributed by atoms with Crippen LogP contribution in [0.15, 0.2) is 53.0 Å². The van der Waals surface area contributed by atoms with E-state index >= 15 is 0 Å². The van der Waals surface area contributed by atoms with Gasteiger partial charge < -0.3 is 14.8 Å². The Kier molecular flexibility index (Phi) is 5.67. The largest absolute Gasteiger partial charge is 0.349 e. The van der Waals surface area contributed by atoms with Crippen LogP contribution in [0.4, 0.5) is 5.95 Å². The molecule has 1 aliphatic rings. The number of piperidine rings is 1. The molecule has 1 fully saturated rings. The number of aromatic nitrogens is 2. The molecule has 6 heteroatoms. The first-order valence-corrected chi connectivity index (χ1v) is 10.7. The van der Waals surface area contributed by atoms with Crippen LogP contribution in [0, 0.1) is 0 Å². The second-order valence-corrected chi connectivity index (χ2v) is 8.21. The van der Waals surface area contributed by atoms with Crippen molar-refractivity contribution >= 4 is 38.8 Å². The minimum atomic E-state index is -0.00188. The number of nitrogens with one attached hydrogen (secondary N) is 1. The molecule has 146 valence electrons. The quantitative estimate of drug-likeness (QED) is 0.629. The van der Waals surface area contributed by atoms with Crippen molar-refractivity contribution in [1.29, 1.82) is 0 Å². The van der Waals surface area contributed by atoms with Crippen molar-refractivity contribution in [3.05, 3.63) is 58.6 Å². The summed E-state index contributed by atoms with van der Waals surface area (Å²) >= 11 is 3.43. The van der Waals surface area contributed by atoms with Gasteiger partial charge in [0.2, 0.25) is 5.95 Å². The highest BCUT2D eigenvalue weighted by Gasteiger charge is 2.24. The molecule has 0 aliphatic carbocycles. The van der Waals surface area contributed by atoms with Crippen LogP contribution in [0.25, 0.3) is 11.0 Å². The highest BCUT2D eigenvalue weighted by atomic mass is 79.9. The van der Waals surface area contributed by atoms with Crippen molar-refractivity contribution in [3.8, 4) is 0 Å². The Labute approximate surface area is 173 Å². The summed E-state index contributed by atoms with van der Waals surface area (Å²) in [5.74, 6) is 1.05. The first kappa shape index (κ1) is 19.0. The molecule has 1 N–H and O–H groups in total. The number of halogens is 1. The molecule has 1 aliphatic heterocycles.